The van der Waals surface area contributed by atoms with Crippen LogP contribution in [0, 0.1) is 0 Å². The van der Waals surface area contributed by atoms with Crippen LogP contribution in [0.5, 0.6) is 0 Å². The van der Waals surface area contributed by atoms with E-state index in [1.807, 2.05) is 6.07 Å². The number of allylic oxidation sites excluding steroid dienone is 2. The van der Waals surface area contributed by atoms with Gasteiger partial charge in [-0.05, 0) is 12.1 Å². The Balaban J connectivity index is 3.05. The summed E-state index contributed by atoms with van der Waals surface area (Å²) in [4.78, 5) is 14.8. The molecule has 1 aromatic rings. The van der Waals surface area contributed by atoms with E-state index in [0.717, 1.165) is 16.8 Å². The van der Waals surface area contributed by atoms with Crippen LogP contribution in [0.4, 0.5) is 0 Å². The number of pyridine rings is 1. The summed E-state index contributed by atoms with van der Waals surface area (Å²) in [6.45, 7) is 7.42. The number of hydrogen-bond donors (Lipinski definition) is 2. The maximum absolute atomic E-state index is 10.8. The molecule has 1 heterocycles. The van der Waals surface area contributed by atoms with E-state index in [1.165, 1.54) is 0 Å². The van der Waals surface area contributed by atoms with Crippen LogP contribution in [-0.4, -0.2) is 17.4 Å². The van der Waals surface area contributed by atoms with Gasteiger partial charge in [-0.1, -0.05) is 25.3 Å². The first-order chi connectivity index (χ1) is 8.19. The van der Waals surface area contributed by atoms with Crippen LogP contribution in [0.25, 0.3) is 11.8 Å². The van der Waals surface area contributed by atoms with Crippen molar-refractivity contribution in [2.24, 2.45) is 5.73 Å². The van der Waals surface area contributed by atoms with Crippen LogP contribution >= 0.6 is 0 Å². The molecule has 4 heteroatoms. The average molecular weight is 229 g/mol. The highest BCUT2D eigenvalue weighted by Crippen LogP contribution is 2.16. The molecule has 17 heavy (non-hydrogen) atoms. The Morgan fingerprint density at radius 1 is 1.53 bits per heavy atom. The average Bonchev–Trinajstić information content (AvgIpc) is 2.34. The van der Waals surface area contributed by atoms with Crippen LogP contribution in [0.3, 0.4) is 0 Å². The lowest BCUT2D eigenvalue weighted by Gasteiger charge is -2.11. The monoisotopic (exact) mass is 229 g/mol. The number of aromatic nitrogens is 1. The van der Waals surface area contributed by atoms with Crippen molar-refractivity contribution in [1.29, 1.82) is 0 Å². The molecular formula is C13H15N3O. The molecule has 0 fully saturated rings. The summed E-state index contributed by atoms with van der Waals surface area (Å²) < 4.78 is 0. The van der Waals surface area contributed by atoms with E-state index in [4.69, 9.17) is 5.73 Å². The Morgan fingerprint density at radius 2 is 2.29 bits per heavy atom. The predicted molar refractivity (Wildman–Crippen MR) is 69.7 cm³/mol. The van der Waals surface area contributed by atoms with Gasteiger partial charge in [0.05, 0.1) is 6.54 Å². The number of carbonyl (C=O) groups is 1. The van der Waals surface area contributed by atoms with Crippen LogP contribution in [-0.2, 0) is 4.79 Å². The van der Waals surface area contributed by atoms with Gasteiger partial charge in [0.1, 0.15) is 0 Å². The Labute approximate surface area is 101 Å². The van der Waals surface area contributed by atoms with Crippen molar-refractivity contribution < 1.29 is 4.79 Å². The second-order valence-corrected chi connectivity index (χ2v) is 3.30. The molecule has 1 amide bonds. The van der Waals surface area contributed by atoms with Crippen molar-refractivity contribution in [2.75, 3.05) is 6.54 Å². The number of primary amides is 1. The second kappa shape index (κ2) is 6.27. The van der Waals surface area contributed by atoms with Crippen molar-refractivity contribution in [2.45, 2.75) is 0 Å². The molecule has 0 aliphatic rings. The van der Waals surface area contributed by atoms with Gasteiger partial charge in [-0.25, -0.2) is 0 Å². The van der Waals surface area contributed by atoms with Crippen molar-refractivity contribution >= 4 is 17.7 Å². The molecule has 4 nitrogen and oxygen atoms in total. The van der Waals surface area contributed by atoms with E-state index >= 15 is 0 Å². The minimum Gasteiger partial charge on any atom is -0.376 e. The first-order valence-electron chi connectivity index (χ1n) is 5.10. The molecule has 1 rings (SSSR count). The Morgan fingerprint density at radius 3 is 2.88 bits per heavy atom. The minimum atomic E-state index is -0.422. The van der Waals surface area contributed by atoms with Crippen molar-refractivity contribution in [3.63, 3.8) is 0 Å². The van der Waals surface area contributed by atoms with Crippen LogP contribution in [0.2, 0.25) is 0 Å². The number of carbonyl (C=O) groups excluding carboxylic acids is 1. The van der Waals surface area contributed by atoms with Gasteiger partial charge in [0.25, 0.3) is 0 Å². The highest BCUT2D eigenvalue weighted by atomic mass is 16.1. The van der Waals surface area contributed by atoms with Crippen molar-refractivity contribution in [3.05, 3.63) is 54.9 Å². The standard InChI is InChI=1S/C13H15N3O/c1-3-5-12(16-9-13(14)17)11-6-7-15-8-10(11)4-2/h3-8,16H,1-2,9H2,(H2,14,17)/b12-5+. The van der Waals surface area contributed by atoms with E-state index in [0.29, 0.717) is 0 Å². The normalized spacial score (nSPS) is 10.7. The van der Waals surface area contributed by atoms with E-state index in [9.17, 15) is 4.79 Å². The molecule has 0 radical (unpaired) electrons. The zero-order chi connectivity index (χ0) is 12.7. The van der Waals surface area contributed by atoms with Crippen molar-refractivity contribution in [1.82, 2.24) is 10.3 Å². The van der Waals surface area contributed by atoms with E-state index < -0.39 is 5.91 Å². The zero-order valence-electron chi connectivity index (χ0n) is 9.52. The molecule has 1 aromatic heterocycles. The van der Waals surface area contributed by atoms with Crippen LogP contribution in [0.1, 0.15) is 11.1 Å². The molecule has 0 atom stereocenters. The van der Waals surface area contributed by atoms with Gasteiger partial charge in [0.2, 0.25) is 5.91 Å². The van der Waals surface area contributed by atoms with Crippen LogP contribution in [0.15, 0.2) is 43.8 Å². The van der Waals surface area contributed by atoms with Gasteiger partial charge in [0, 0.05) is 29.2 Å². The first-order valence-corrected chi connectivity index (χ1v) is 5.10. The Hall–Kier alpha value is -2.36. The van der Waals surface area contributed by atoms with Gasteiger partial charge < -0.3 is 11.1 Å². The molecule has 0 bridgehead atoms. The largest absolute Gasteiger partial charge is 0.376 e. The Bertz CT molecular complexity index is 463. The number of nitrogens with two attached hydrogens (primary N) is 1. The van der Waals surface area contributed by atoms with Crippen molar-refractivity contribution in [3.8, 4) is 0 Å². The van der Waals surface area contributed by atoms with Gasteiger partial charge >= 0.3 is 0 Å². The zero-order valence-corrected chi connectivity index (χ0v) is 9.52. The fourth-order valence-corrected chi connectivity index (χ4v) is 1.36. The summed E-state index contributed by atoms with van der Waals surface area (Å²) in [7, 11) is 0. The SMILES string of the molecule is C=C/C=C(/NCC(N)=O)c1ccncc1C=C. The molecule has 0 spiro atoms. The highest BCUT2D eigenvalue weighted by Gasteiger charge is 2.05. The molecule has 88 valence electrons. The summed E-state index contributed by atoms with van der Waals surface area (Å²) in [6.07, 6.45) is 8.48. The Kier molecular flexibility index (Phi) is 4.69. The van der Waals surface area contributed by atoms with E-state index in [2.05, 4.69) is 23.5 Å². The number of nitrogens with one attached hydrogen (secondary N) is 1. The van der Waals surface area contributed by atoms with E-state index in [-0.39, 0.29) is 6.54 Å². The molecule has 0 aromatic carbocycles. The topological polar surface area (TPSA) is 68.0 Å². The molecular weight excluding hydrogens is 214 g/mol. The summed E-state index contributed by atoms with van der Waals surface area (Å²) in [6, 6.07) is 1.83. The number of rotatable bonds is 6. The smallest absolute Gasteiger partial charge is 0.236 e. The predicted octanol–water partition coefficient (Wildman–Crippen LogP) is 1.33. The molecule has 0 unspecified atom stereocenters. The molecule has 0 aliphatic heterocycles. The van der Waals surface area contributed by atoms with Gasteiger partial charge in [-0.3, -0.25) is 9.78 Å². The highest BCUT2D eigenvalue weighted by molar-refractivity contribution is 5.80. The molecule has 0 saturated heterocycles. The van der Waals surface area contributed by atoms with E-state index in [1.54, 1.807) is 30.6 Å². The maximum Gasteiger partial charge on any atom is 0.236 e. The summed E-state index contributed by atoms with van der Waals surface area (Å²) in [5, 5.41) is 2.95. The summed E-state index contributed by atoms with van der Waals surface area (Å²) >= 11 is 0. The van der Waals surface area contributed by atoms with Gasteiger partial charge in [0.15, 0.2) is 0 Å². The fraction of sp³-hybridized carbons (Fsp3) is 0.0769. The lowest BCUT2D eigenvalue weighted by molar-refractivity contribution is -0.117. The lowest BCUT2D eigenvalue weighted by atomic mass is 10.1. The maximum atomic E-state index is 10.8. The quantitative estimate of drug-likeness (QED) is 0.723. The van der Waals surface area contributed by atoms with Gasteiger partial charge in [-0.2, -0.15) is 0 Å². The molecule has 3 N–H and O–H groups in total. The third-order valence-corrected chi connectivity index (χ3v) is 2.10. The summed E-state index contributed by atoms with van der Waals surface area (Å²) in [5.41, 5.74) is 7.63. The number of nitrogens with zero attached hydrogens (tertiary/aromatic N) is 1. The number of amides is 1. The molecule has 0 saturated carbocycles. The van der Waals surface area contributed by atoms with Gasteiger partial charge in [-0.15, -0.1) is 0 Å². The minimum absolute atomic E-state index is 0.0680. The number of hydrogen-bond acceptors (Lipinski definition) is 3. The first kappa shape index (κ1) is 12.7. The molecule has 0 aliphatic carbocycles. The fourth-order valence-electron chi connectivity index (χ4n) is 1.36. The second-order valence-electron chi connectivity index (χ2n) is 3.30. The van der Waals surface area contributed by atoms with Crippen LogP contribution < -0.4 is 11.1 Å². The summed E-state index contributed by atoms with van der Waals surface area (Å²) in [5.74, 6) is -0.422. The third-order valence-electron chi connectivity index (χ3n) is 2.10. The lowest BCUT2D eigenvalue weighted by Crippen LogP contribution is -2.27. The third kappa shape index (κ3) is 3.61.